The summed E-state index contributed by atoms with van der Waals surface area (Å²) < 4.78 is 10.6. The molecular weight excluding hydrogens is 252 g/mol. The third-order valence-electron chi connectivity index (χ3n) is 2.91. The van der Waals surface area contributed by atoms with Crippen molar-refractivity contribution in [1.29, 1.82) is 5.26 Å². The summed E-state index contributed by atoms with van der Waals surface area (Å²) in [6, 6.07) is 6.16. The van der Waals surface area contributed by atoms with Crippen LogP contribution in [0, 0.1) is 11.3 Å². The van der Waals surface area contributed by atoms with Gasteiger partial charge in [0.2, 0.25) is 6.79 Å². The minimum Gasteiger partial charge on any atom is -0.454 e. The summed E-state index contributed by atoms with van der Waals surface area (Å²) in [4.78, 5) is 0. The second-order valence-electron chi connectivity index (χ2n) is 4.16. The molecule has 1 aromatic carbocycles. The number of hydrogen-bond donors (Lipinski definition) is 1. The molecule has 0 aliphatic carbocycles. The van der Waals surface area contributed by atoms with E-state index < -0.39 is 0 Å². The lowest BCUT2D eigenvalue weighted by Crippen LogP contribution is -2.27. The fourth-order valence-corrected chi connectivity index (χ4v) is 2.14. The van der Waals surface area contributed by atoms with Gasteiger partial charge in [-0.1, -0.05) is 18.5 Å². The smallest absolute Gasteiger partial charge is 0.231 e. The lowest BCUT2D eigenvalue weighted by molar-refractivity contribution is 0.174. The Labute approximate surface area is 111 Å². The van der Waals surface area contributed by atoms with Gasteiger partial charge in [0.25, 0.3) is 0 Å². The molecule has 18 heavy (non-hydrogen) atoms. The highest BCUT2D eigenvalue weighted by Gasteiger charge is 2.18. The maximum absolute atomic E-state index is 8.69. The molecule has 1 aliphatic rings. The van der Waals surface area contributed by atoms with Crippen molar-refractivity contribution in [1.82, 2.24) is 5.32 Å². The van der Waals surface area contributed by atoms with Crippen LogP contribution in [0.25, 0.3) is 0 Å². The van der Waals surface area contributed by atoms with Crippen molar-refractivity contribution in [2.75, 3.05) is 6.79 Å². The third-order valence-corrected chi connectivity index (χ3v) is 3.19. The lowest BCUT2D eigenvalue weighted by atomic mass is 10.1. The molecule has 0 fully saturated rings. The first kappa shape index (κ1) is 13.0. The van der Waals surface area contributed by atoms with Gasteiger partial charge in [0.15, 0.2) is 11.5 Å². The van der Waals surface area contributed by atoms with Crippen LogP contribution >= 0.6 is 11.6 Å². The summed E-state index contributed by atoms with van der Waals surface area (Å²) in [5, 5.41) is 12.6. The van der Waals surface area contributed by atoms with Crippen molar-refractivity contribution in [2.24, 2.45) is 0 Å². The molecule has 1 aliphatic heterocycles. The van der Waals surface area contributed by atoms with Crippen LogP contribution in [-0.4, -0.2) is 12.8 Å². The van der Waals surface area contributed by atoms with E-state index in [0.717, 1.165) is 12.0 Å². The average Bonchev–Trinajstić information content (AvgIpc) is 2.83. The quantitative estimate of drug-likeness (QED) is 0.890. The zero-order chi connectivity index (χ0) is 13.0. The highest BCUT2D eigenvalue weighted by atomic mass is 35.5. The van der Waals surface area contributed by atoms with E-state index in [1.165, 1.54) is 0 Å². The number of ether oxygens (including phenoxy) is 2. The van der Waals surface area contributed by atoms with Gasteiger partial charge >= 0.3 is 0 Å². The summed E-state index contributed by atoms with van der Waals surface area (Å²) in [5.74, 6) is 1.30. The molecule has 4 nitrogen and oxygen atoms in total. The van der Waals surface area contributed by atoms with Crippen molar-refractivity contribution in [3.8, 4) is 17.6 Å². The highest BCUT2D eigenvalue weighted by molar-refractivity contribution is 6.32. The van der Waals surface area contributed by atoms with Crippen molar-refractivity contribution in [2.45, 2.75) is 32.4 Å². The van der Waals surface area contributed by atoms with E-state index in [1.54, 1.807) is 0 Å². The molecular formula is C13H15ClN2O2. The number of benzene rings is 1. The first-order valence-electron chi connectivity index (χ1n) is 5.93. The van der Waals surface area contributed by atoms with Crippen LogP contribution in [0.1, 0.15) is 25.3 Å². The molecule has 0 saturated carbocycles. The molecule has 1 N–H and O–H groups in total. The van der Waals surface area contributed by atoms with Crippen LogP contribution in [0.4, 0.5) is 0 Å². The van der Waals surface area contributed by atoms with Gasteiger partial charge in [0, 0.05) is 12.6 Å². The van der Waals surface area contributed by atoms with Crippen LogP contribution in [0.5, 0.6) is 11.5 Å². The molecule has 1 atom stereocenters. The number of halogens is 1. The van der Waals surface area contributed by atoms with E-state index in [0.29, 0.717) is 29.5 Å². The SMILES string of the molecule is CCC(CC#N)NCc1cc(Cl)c2c(c1)OCO2. The number of hydrogen-bond acceptors (Lipinski definition) is 4. The Morgan fingerprint density at radius 1 is 1.50 bits per heavy atom. The highest BCUT2D eigenvalue weighted by Crippen LogP contribution is 2.39. The lowest BCUT2D eigenvalue weighted by Gasteiger charge is -2.14. The zero-order valence-electron chi connectivity index (χ0n) is 10.2. The van der Waals surface area contributed by atoms with E-state index in [9.17, 15) is 0 Å². The Hall–Kier alpha value is -1.44. The molecule has 0 bridgehead atoms. The standard InChI is InChI=1S/C13H15ClN2O2/c1-2-10(3-4-15)16-7-9-5-11(14)13-12(6-9)17-8-18-13/h5-6,10,16H,2-3,7-8H2,1H3. The van der Waals surface area contributed by atoms with Crippen LogP contribution in [0.3, 0.4) is 0 Å². The topological polar surface area (TPSA) is 54.3 Å². The summed E-state index contributed by atoms with van der Waals surface area (Å²) >= 11 is 6.10. The largest absolute Gasteiger partial charge is 0.454 e. The summed E-state index contributed by atoms with van der Waals surface area (Å²) in [7, 11) is 0. The Morgan fingerprint density at radius 3 is 3.06 bits per heavy atom. The van der Waals surface area contributed by atoms with Crippen LogP contribution in [-0.2, 0) is 6.54 Å². The van der Waals surface area contributed by atoms with E-state index in [2.05, 4.69) is 18.3 Å². The molecule has 1 aromatic rings. The average molecular weight is 267 g/mol. The van der Waals surface area contributed by atoms with E-state index in [-0.39, 0.29) is 12.8 Å². The van der Waals surface area contributed by atoms with Crippen molar-refractivity contribution in [3.63, 3.8) is 0 Å². The van der Waals surface area contributed by atoms with E-state index >= 15 is 0 Å². The number of nitriles is 1. The minimum absolute atomic E-state index is 0.208. The van der Waals surface area contributed by atoms with Crippen molar-refractivity contribution >= 4 is 11.6 Å². The van der Waals surface area contributed by atoms with Gasteiger partial charge in [-0.3, -0.25) is 0 Å². The molecule has 0 spiro atoms. The maximum Gasteiger partial charge on any atom is 0.231 e. The van der Waals surface area contributed by atoms with Crippen molar-refractivity contribution < 1.29 is 9.47 Å². The Balaban J connectivity index is 2.02. The van der Waals surface area contributed by atoms with Crippen LogP contribution in [0.2, 0.25) is 5.02 Å². The van der Waals surface area contributed by atoms with Gasteiger partial charge in [-0.25, -0.2) is 0 Å². The number of nitrogens with zero attached hydrogens (tertiary/aromatic N) is 1. The molecule has 0 aromatic heterocycles. The molecule has 1 heterocycles. The molecule has 96 valence electrons. The number of rotatable bonds is 5. The van der Waals surface area contributed by atoms with Crippen LogP contribution < -0.4 is 14.8 Å². The van der Waals surface area contributed by atoms with Crippen molar-refractivity contribution in [3.05, 3.63) is 22.7 Å². The monoisotopic (exact) mass is 266 g/mol. The number of fused-ring (bicyclic) bond motifs is 1. The van der Waals surface area contributed by atoms with E-state index in [4.69, 9.17) is 26.3 Å². The minimum atomic E-state index is 0.208. The molecule has 0 radical (unpaired) electrons. The molecule has 2 rings (SSSR count). The predicted octanol–water partition coefficient (Wildman–Crippen LogP) is 2.85. The first-order valence-corrected chi connectivity index (χ1v) is 6.30. The Morgan fingerprint density at radius 2 is 2.33 bits per heavy atom. The Bertz CT molecular complexity index is 471. The Kier molecular flexibility index (Phi) is 4.29. The predicted molar refractivity (Wildman–Crippen MR) is 68.7 cm³/mol. The third kappa shape index (κ3) is 2.87. The second-order valence-corrected chi connectivity index (χ2v) is 4.57. The fraction of sp³-hybridized carbons (Fsp3) is 0.462. The van der Waals surface area contributed by atoms with Gasteiger partial charge in [0.1, 0.15) is 0 Å². The van der Waals surface area contributed by atoms with Gasteiger partial charge in [-0.2, -0.15) is 5.26 Å². The second kappa shape index (κ2) is 5.94. The molecule has 0 amide bonds. The van der Waals surface area contributed by atoms with Gasteiger partial charge in [-0.05, 0) is 24.1 Å². The fourth-order valence-electron chi connectivity index (χ4n) is 1.86. The summed E-state index contributed by atoms with van der Waals surface area (Å²) in [6.07, 6.45) is 1.43. The molecule has 1 unspecified atom stereocenters. The van der Waals surface area contributed by atoms with E-state index in [1.807, 2.05) is 12.1 Å². The zero-order valence-corrected chi connectivity index (χ0v) is 11.0. The van der Waals surface area contributed by atoms with Gasteiger partial charge in [-0.15, -0.1) is 0 Å². The molecule has 0 saturated heterocycles. The summed E-state index contributed by atoms with van der Waals surface area (Å²) in [5.41, 5.74) is 1.03. The number of nitrogens with one attached hydrogen (secondary N) is 1. The first-order chi connectivity index (χ1) is 8.74. The van der Waals surface area contributed by atoms with Gasteiger partial charge in [0.05, 0.1) is 17.5 Å². The normalized spacial score (nSPS) is 14.3. The molecule has 5 heteroatoms. The van der Waals surface area contributed by atoms with Gasteiger partial charge < -0.3 is 14.8 Å². The van der Waals surface area contributed by atoms with Crippen LogP contribution in [0.15, 0.2) is 12.1 Å². The summed E-state index contributed by atoms with van der Waals surface area (Å²) in [6.45, 7) is 2.94. The maximum atomic E-state index is 8.69.